The van der Waals surface area contributed by atoms with Crippen molar-refractivity contribution in [1.82, 2.24) is 5.32 Å². The van der Waals surface area contributed by atoms with E-state index in [2.05, 4.69) is 5.32 Å². The lowest BCUT2D eigenvalue weighted by Crippen LogP contribution is -2.44. The normalized spacial score (nSPS) is 13.8. The number of ketones is 1. The predicted octanol–water partition coefficient (Wildman–Crippen LogP) is 2.45. The van der Waals surface area contributed by atoms with Gasteiger partial charge in [-0.2, -0.15) is 0 Å². The predicted molar refractivity (Wildman–Crippen MR) is 78.4 cm³/mol. The van der Waals surface area contributed by atoms with Crippen LogP contribution in [0.15, 0.2) is 18.2 Å². The van der Waals surface area contributed by atoms with E-state index in [0.29, 0.717) is 6.07 Å². The van der Waals surface area contributed by atoms with Gasteiger partial charge in [-0.05, 0) is 25.0 Å². The summed E-state index contributed by atoms with van der Waals surface area (Å²) in [5.74, 6) is -2.71. The van der Waals surface area contributed by atoms with Gasteiger partial charge in [-0.25, -0.2) is 8.78 Å². The first-order chi connectivity index (χ1) is 10.1. The van der Waals surface area contributed by atoms with E-state index >= 15 is 0 Å². The molecule has 0 heterocycles. The molecular formula is C16H21F2NO3. The standard InChI is InChI=1S/C16H21F2NO3/c1-10(2)16(3,22)9-19-15(21)7-6-14(20)12-5-4-11(17)8-13(12)18/h4-5,8,10,22H,6-7,9H2,1-3H3,(H,19,21). The first-order valence-corrected chi connectivity index (χ1v) is 7.11. The van der Waals surface area contributed by atoms with Crippen molar-refractivity contribution in [3.8, 4) is 0 Å². The van der Waals surface area contributed by atoms with Crippen LogP contribution in [0.5, 0.6) is 0 Å². The molecule has 0 saturated heterocycles. The minimum atomic E-state index is -1.04. The Morgan fingerprint density at radius 1 is 1.27 bits per heavy atom. The number of carbonyl (C=O) groups is 2. The molecule has 0 bridgehead atoms. The fourth-order valence-corrected chi connectivity index (χ4v) is 1.65. The molecule has 0 saturated carbocycles. The van der Waals surface area contributed by atoms with Crippen LogP contribution >= 0.6 is 0 Å². The van der Waals surface area contributed by atoms with Gasteiger partial charge in [-0.15, -0.1) is 0 Å². The summed E-state index contributed by atoms with van der Waals surface area (Å²) in [6, 6.07) is 2.69. The second-order valence-corrected chi connectivity index (χ2v) is 5.84. The van der Waals surface area contributed by atoms with Crippen LogP contribution in [0.3, 0.4) is 0 Å². The van der Waals surface area contributed by atoms with E-state index in [1.807, 2.05) is 13.8 Å². The summed E-state index contributed by atoms with van der Waals surface area (Å²) in [4.78, 5) is 23.5. The number of amides is 1. The minimum Gasteiger partial charge on any atom is -0.388 e. The molecule has 2 N–H and O–H groups in total. The average molecular weight is 313 g/mol. The molecule has 0 fully saturated rings. The smallest absolute Gasteiger partial charge is 0.220 e. The first kappa shape index (κ1) is 18.2. The molecule has 1 rings (SSSR count). The van der Waals surface area contributed by atoms with E-state index < -0.39 is 28.9 Å². The van der Waals surface area contributed by atoms with Crippen molar-refractivity contribution in [2.45, 2.75) is 39.2 Å². The third-order valence-corrected chi connectivity index (χ3v) is 3.70. The highest BCUT2D eigenvalue weighted by Crippen LogP contribution is 2.15. The largest absolute Gasteiger partial charge is 0.388 e. The van der Waals surface area contributed by atoms with Crippen LogP contribution in [0.1, 0.15) is 44.0 Å². The molecule has 1 aromatic rings. The van der Waals surface area contributed by atoms with Gasteiger partial charge in [0.25, 0.3) is 0 Å². The molecule has 1 unspecified atom stereocenters. The highest BCUT2D eigenvalue weighted by Gasteiger charge is 2.25. The summed E-state index contributed by atoms with van der Waals surface area (Å²) < 4.78 is 26.2. The van der Waals surface area contributed by atoms with E-state index in [-0.39, 0.29) is 30.9 Å². The molecule has 0 radical (unpaired) electrons. The van der Waals surface area contributed by atoms with Crippen molar-refractivity contribution < 1.29 is 23.5 Å². The van der Waals surface area contributed by atoms with E-state index in [1.54, 1.807) is 6.92 Å². The van der Waals surface area contributed by atoms with Gasteiger partial charge in [-0.3, -0.25) is 9.59 Å². The molecule has 0 aliphatic heterocycles. The quantitative estimate of drug-likeness (QED) is 0.760. The van der Waals surface area contributed by atoms with Gasteiger partial charge in [0.05, 0.1) is 11.2 Å². The van der Waals surface area contributed by atoms with E-state index in [4.69, 9.17) is 0 Å². The third-order valence-electron chi connectivity index (χ3n) is 3.70. The summed E-state index contributed by atoms with van der Waals surface area (Å²) in [7, 11) is 0. The lowest BCUT2D eigenvalue weighted by atomic mass is 9.92. The van der Waals surface area contributed by atoms with Gasteiger partial charge in [0, 0.05) is 25.5 Å². The lowest BCUT2D eigenvalue weighted by Gasteiger charge is -2.27. The zero-order valence-corrected chi connectivity index (χ0v) is 13.0. The molecular weight excluding hydrogens is 292 g/mol. The SMILES string of the molecule is CC(C)C(C)(O)CNC(=O)CCC(=O)c1ccc(F)cc1F. The van der Waals surface area contributed by atoms with E-state index in [0.717, 1.165) is 12.1 Å². The topological polar surface area (TPSA) is 66.4 Å². The Bertz CT molecular complexity index is 556. The highest BCUT2D eigenvalue weighted by atomic mass is 19.1. The number of Topliss-reactive ketones (excluding diaryl/α,β-unsaturated/α-hetero) is 1. The van der Waals surface area contributed by atoms with Crippen LogP contribution in [0.4, 0.5) is 8.78 Å². The average Bonchev–Trinajstić information content (AvgIpc) is 2.42. The number of aliphatic hydroxyl groups is 1. The minimum absolute atomic E-state index is 0.0391. The van der Waals surface area contributed by atoms with Crippen LogP contribution in [0.25, 0.3) is 0 Å². The van der Waals surface area contributed by atoms with Gasteiger partial charge >= 0.3 is 0 Å². The molecule has 1 aromatic carbocycles. The zero-order valence-electron chi connectivity index (χ0n) is 13.0. The Balaban J connectivity index is 2.49. The van der Waals surface area contributed by atoms with Crippen LogP contribution in [0.2, 0.25) is 0 Å². The van der Waals surface area contributed by atoms with Gasteiger partial charge in [-0.1, -0.05) is 13.8 Å². The Hall–Kier alpha value is -1.82. The van der Waals surface area contributed by atoms with Gasteiger partial charge < -0.3 is 10.4 Å². The van der Waals surface area contributed by atoms with Gasteiger partial charge in [0.15, 0.2) is 5.78 Å². The number of hydrogen-bond donors (Lipinski definition) is 2. The molecule has 22 heavy (non-hydrogen) atoms. The molecule has 1 amide bonds. The number of halogens is 2. The molecule has 122 valence electrons. The Kier molecular flexibility index (Phi) is 6.17. The van der Waals surface area contributed by atoms with Gasteiger partial charge in [0.2, 0.25) is 5.91 Å². The van der Waals surface area contributed by atoms with Crippen molar-refractivity contribution >= 4 is 11.7 Å². The summed E-state index contributed by atoms with van der Waals surface area (Å²) in [5, 5.41) is 12.5. The summed E-state index contributed by atoms with van der Waals surface area (Å²) in [5.41, 5.74) is -1.27. The molecule has 0 spiro atoms. The van der Waals surface area contributed by atoms with Crippen molar-refractivity contribution in [1.29, 1.82) is 0 Å². The third kappa shape index (κ3) is 5.18. The van der Waals surface area contributed by atoms with Crippen LogP contribution in [-0.4, -0.2) is 28.9 Å². The maximum absolute atomic E-state index is 13.4. The maximum atomic E-state index is 13.4. The van der Waals surface area contributed by atoms with Crippen molar-refractivity contribution in [2.75, 3.05) is 6.54 Å². The lowest BCUT2D eigenvalue weighted by molar-refractivity contribution is -0.122. The number of nitrogens with one attached hydrogen (secondary N) is 1. The van der Waals surface area contributed by atoms with E-state index in [9.17, 15) is 23.5 Å². The fraction of sp³-hybridized carbons (Fsp3) is 0.500. The molecule has 4 nitrogen and oxygen atoms in total. The highest BCUT2D eigenvalue weighted by molar-refractivity contribution is 5.98. The monoisotopic (exact) mass is 313 g/mol. The van der Waals surface area contributed by atoms with Crippen LogP contribution in [0, 0.1) is 17.6 Å². The van der Waals surface area contributed by atoms with Crippen molar-refractivity contribution in [3.63, 3.8) is 0 Å². The Morgan fingerprint density at radius 3 is 2.45 bits per heavy atom. The first-order valence-electron chi connectivity index (χ1n) is 7.11. The van der Waals surface area contributed by atoms with Crippen LogP contribution < -0.4 is 5.32 Å². The summed E-state index contributed by atoms with van der Waals surface area (Å²) in [6.45, 7) is 5.33. The summed E-state index contributed by atoms with van der Waals surface area (Å²) in [6.07, 6.45) is -0.304. The fourth-order valence-electron chi connectivity index (χ4n) is 1.65. The maximum Gasteiger partial charge on any atom is 0.220 e. The molecule has 1 atom stereocenters. The number of benzene rings is 1. The zero-order chi connectivity index (χ0) is 16.9. The number of carbonyl (C=O) groups excluding carboxylic acids is 2. The summed E-state index contributed by atoms with van der Waals surface area (Å²) >= 11 is 0. The molecule has 6 heteroatoms. The number of rotatable bonds is 7. The molecule has 0 aromatic heterocycles. The second-order valence-electron chi connectivity index (χ2n) is 5.84. The van der Waals surface area contributed by atoms with Crippen molar-refractivity contribution in [2.24, 2.45) is 5.92 Å². The molecule has 0 aliphatic rings. The molecule has 0 aliphatic carbocycles. The van der Waals surface area contributed by atoms with Crippen LogP contribution in [-0.2, 0) is 4.79 Å². The Labute approximate surface area is 128 Å². The second kappa shape index (κ2) is 7.45. The number of hydrogen-bond acceptors (Lipinski definition) is 3. The van der Waals surface area contributed by atoms with Gasteiger partial charge in [0.1, 0.15) is 11.6 Å². The van der Waals surface area contributed by atoms with Crippen molar-refractivity contribution in [3.05, 3.63) is 35.4 Å². The van der Waals surface area contributed by atoms with E-state index in [1.165, 1.54) is 0 Å². The Morgan fingerprint density at radius 2 is 1.91 bits per heavy atom.